The highest BCUT2D eigenvalue weighted by molar-refractivity contribution is 6.00. The molecule has 4 aliphatic rings. The monoisotopic (exact) mass is 311 g/mol. The topological polar surface area (TPSA) is 30.8 Å². The van der Waals surface area contributed by atoms with E-state index in [0.717, 1.165) is 11.3 Å². The molecule has 0 fully saturated rings. The zero-order valence-electron chi connectivity index (χ0n) is 12.8. The molecule has 1 unspecified atom stereocenters. The predicted octanol–water partition coefficient (Wildman–Crippen LogP) is 4.43. The summed E-state index contributed by atoms with van der Waals surface area (Å²) >= 11 is 0. The van der Waals surface area contributed by atoms with Gasteiger partial charge in [0.2, 0.25) is 0 Å². The van der Waals surface area contributed by atoms with Crippen LogP contribution < -0.4 is 0 Å². The second-order valence-electron chi connectivity index (χ2n) is 6.49. The predicted molar refractivity (Wildman–Crippen MR) is 94.0 cm³/mol. The molecule has 2 aliphatic heterocycles. The van der Waals surface area contributed by atoms with Crippen LogP contribution in [0.3, 0.4) is 0 Å². The minimum atomic E-state index is -0.285. The normalized spacial score (nSPS) is 25.3. The fourth-order valence-corrected chi connectivity index (χ4v) is 4.26. The third-order valence-electron chi connectivity index (χ3n) is 5.37. The van der Waals surface area contributed by atoms with E-state index in [4.69, 9.17) is 9.47 Å². The summed E-state index contributed by atoms with van der Waals surface area (Å²) in [7, 11) is 0. The lowest BCUT2D eigenvalue weighted by Gasteiger charge is -2.36. The lowest BCUT2D eigenvalue weighted by molar-refractivity contribution is 0.116. The summed E-state index contributed by atoms with van der Waals surface area (Å²) in [6, 6.07) is 12.9. The number of benzene rings is 2. The van der Waals surface area contributed by atoms with Crippen LogP contribution in [0.15, 0.2) is 76.8 Å². The minimum absolute atomic E-state index is 0.285. The summed E-state index contributed by atoms with van der Waals surface area (Å²) in [5.41, 5.74) is 5.51. The van der Waals surface area contributed by atoms with Crippen molar-refractivity contribution in [3.8, 4) is 0 Å². The zero-order chi connectivity index (χ0) is 15.7. The molecule has 0 saturated carbocycles. The van der Waals surface area contributed by atoms with Gasteiger partial charge in [-0.1, -0.05) is 54.6 Å². The van der Waals surface area contributed by atoms with Crippen LogP contribution in [0.25, 0.3) is 22.4 Å². The number of rotatable bonds is 0. The highest BCUT2D eigenvalue weighted by Gasteiger charge is 2.51. The van der Waals surface area contributed by atoms with Crippen molar-refractivity contribution >= 4 is 28.8 Å². The van der Waals surface area contributed by atoms with E-state index >= 15 is 0 Å². The second-order valence-corrected chi connectivity index (χ2v) is 6.49. The van der Waals surface area contributed by atoms with Crippen molar-refractivity contribution in [3.63, 3.8) is 0 Å². The van der Waals surface area contributed by atoms with Crippen LogP contribution in [0.1, 0.15) is 11.1 Å². The van der Waals surface area contributed by atoms with Crippen LogP contribution in [-0.4, -0.2) is 13.0 Å². The summed E-state index contributed by atoms with van der Waals surface area (Å²) in [6.45, 7) is 0.562. The van der Waals surface area contributed by atoms with Gasteiger partial charge in [0, 0.05) is 0 Å². The van der Waals surface area contributed by atoms with Gasteiger partial charge in [-0.15, -0.1) is 0 Å². The van der Waals surface area contributed by atoms with Crippen molar-refractivity contribution in [1.82, 2.24) is 0 Å². The van der Waals surface area contributed by atoms with Crippen LogP contribution in [0, 0.1) is 5.41 Å². The first-order valence-electron chi connectivity index (χ1n) is 8.08. The van der Waals surface area contributed by atoms with Crippen molar-refractivity contribution in [2.45, 2.75) is 0 Å². The molecule has 1 atom stereocenters. The molecule has 6 rings (SSSR count). The second kappa shape index (κ2) is 4.06. The molecule has 2 aromatic rings. The number of allylic oxidation sites excluding steroid dienone is 3. The molecule has 1 spiro atoms. The third kappa shape index (κ3) is 1.32. The lowest BCUT2D eigenvalue weighted by Crippen LogP contribution is -2.29. The molecule has 0 saturated heterocycles. The Morgan fingerprint density at radius 3 is 3.00 bits per heavy atom. The first-order chi connectivity index (χ1) is 11.9. The summed E-state index contributed by atoms with van der Waals surface area (Å²) in [6.07, 6.45) is 10.2. The number of hydrogen-bond acceptors (Lipinski definition) is 3. The van der Waals surface area contributed by atoms with Gasteiger partial charge in [-0.2, -0.15) is 0 Å². The first-order valence-corrected chi connectivity index (χ1v) is 8.08. The van der Waals surface area contributed by atoms with Gasteiger partial charge >= 0.3 is 0 Å². The molecule has 0 amide bonds. The molecule has 0 N–H and O–H groups in total. The van der Waals surface area contributed by atoms with E-state index in [1.807, 2.05) is 0 Å². The van der Waals surface area contributed by atoms with Gasteiger partial charge < -0.3 is 9.47 Å². The molecule has 114 valence electrons. The summed E-state index contributed by atoms with van der Waals surface area (Å²) in [5, 5.41) is 2.54. The van der Waals surface area contributed by atoms with Gasteiger partial charge in [0.1, 0.15) is 6.61 Å². The smallest absolute Gasteiger partial charge is 0.292 e. The van der Waals surface area contributed by atoms with Crippen molar-refractivity contribution in [1.29, 1.82) is 0 Å². The van der Waals surface area contributed by atoms with Gasteiger partial charge in [-0.3, -0.25) is 0 Å². The molecule has 0 bridgehead atoms. The van der Waals surface area contributed by atoms with Gasteiger partial charge in [0.25, 0.3) is 5.95 Å². The van der Waals surface area contributed by atoms with Crippen LogP contribution in [0.2, 0.25) is 0 Å². The number of aliphatic imine (C=N–C) groups is 1. The number of hydrogen-bond donors (Lipinski definition) is 0. The van der Waals surface area contributed by atoms with Crippen LogP contribution in [0.4, 0.5) is 0 Å². The highest BCUT2D eigenvalue weighted by Crippen LogP contribution is 2.57. The molecule has 2 aliphatic carbocycles. The third-order valence-corrected chi connectivity index (χ3v) is 5.37. The minimum Gasteiger partial charge on any atom is -0.463 e. The van der Waals surface area contributed by atoms with Crippen molar-refractivity contribution in [2.75, 3.05) is 6.61 Å². The standard InChI is InChI=1S/C21H13NO2/c1-2-4-14-13(3-1)5-6-16-15(14)9-10-21-11-23-20-19(21)18(22-12-24-20)8-7-17(16)21/h1-10,12H,11H2. The van der Waals surface area contributed by atoms with E-state index in [2.05, 4.69) is 65.7 Å². The van der Waals surface area contributed by atoms with E-state index in [1.165, 1.54) is 33.9 Å². The van der Waals surface area contributed by atoms with Crippen molar-refractivity contribution in [2.24, 2.45) is 10.4 Å². The van der Waals surface area contributed by atoms with Crippen LogP contribution in [0.5, 0.6) is 0 Å². The van der Waals surface area contributed by atoms with Crippen molar-refractivity contribution < 1.29 is 9.47 Å². The van der Waals surface area contributed by atoms with Crippen LogP contribution >= 0.6 is 0 Å². The van der Waals surface area contributed by atoms with Gasteiger partial charge in [0.05, 0.1) is 16.7 Å². The maximum absolute atomic E-state index is 5.87. The maximum Gasteiger partial charge on any atom is 0.292 e. The Bertz CT molecular complexity index is 1080. The van der Waals surface area contributed by atoms with Crippen molar-refractivity contribution in [3.05, 3.63) is 83.0 Å². The quantitative estimate of drug-likeness (QED) is 0.720. The number of ether oxygens (including phenoxy) is 2. The van der Waals surface area contributed by atoms with E-state index < -0.39 is 0 Å². The van der Waals surface area contributed by atoms with E-state index in [0.29, 0.717) is 12.6 Å². The average Bonchev–Trinajstić information content (AvgIpc) is 3.02. The first kappa shape index (κ1) is 12.4. The molecule has 0 aromatic heterocycles. The molecular formula is C21H13NO2. The molecule has 2 heterocycles. The number of nitrogens with zero attached hydrogens (tertiary/aromatic N) is 1. The van der Waals surface area contributed by atoms with E-state index in [9.17, 15) is 0 Å². The Morgan fingerprint density at radius 1 is 1.04 bits per heavy atom. The lowest BCUT2D eigenvalue weighted by atomic mass is 9.65. The van der Waals surface area contributed by atoms with E-state index in [-0.39, 0.29) is 5.41 Å². The van der Waals surface area contributed by atoms with Gasteiger partial charge in [0.15, 0.2) is 6.40 Å². The molecule has 2 aromatic carbocycles. The molecule has 3 heteroatoms. The largest absolute Gasteiger partial charge is 0.463 e. The fraction of sp³-hybridized carbons (Fsp3) is 0.0952. The summed E-state index contributed by atoms with van der Waals surface area (Å²) < 4.78 is 11.4. The highest BCUT2D eigenvalue weighted by atomic mass is 16.7. The Morgan fingerprint density at radius 2 is 2.00 bits per heavy atom. The summed E-state index contributed by atoms with van der Waals surface area (Å²) in [5.74, 6) is 0.593. The van der Waals surface area contributed by atoms with Gasteiger partial charge in [-0.25, -0.2) is 4.99 Å². The average molecular weight is 311 g/mol. The number of fused-ring (bicyclic) bond motifs is 4. The van der Waals surface area contributed by atoms with Crippen LogP contribution in [-0.2, 0) is 9.47 Å². The fourth-order valence-electron chi connectivity index (χ4n) is 4.26. The molecule has 0 radical (unpaired) electrons. The Kier molecular flexibility index (Phi) is 2.09. The molecule has 3 nitrogen and oxygen atoms in total. The Hall–Kier alpha value is -3.07. The van der Waals surface area contributed by atoms with E-state index in [1.54, 1.807) is 0 Å². The molecular weight excluding hydrogens is 298 g/mol. The van der Waals surface area contributed by atoms with Gasteiger partial charge in [-0.05, 0) is 33.5 Å². The Balaban J connectivity index is 1.69. The SMILES string of the molecule is C1=CC23COC4=C2C(=CC=C3c2ccc3ccccc3c21)N=CO4. The zero-order valence-corrected chi connectivity index (χ0v) is 12.8. The Labute approximate surface area is 138 Å². The maximum atomic E-state index is 5.87. The molecule has 24 heavy (non-hydrogen) atoms. The summed E-state index contributed by atoms with van der Waals surface area (Å²) in [4.78, 5) is 4.38.